The van der Waals surface area contributed by atoms with Crippen molar-refractivity contribution in [3.63, 3.8) is 0 Å². The lowest BCUT2D eigenvalue weighted by Crippen LogP contribution is -2.49. The maximum atomic E-state index is 12.0. The van der Waals surface area contributed by atoms with E-state index in [0.29, 0.717) is 12.3 Å². The predicted octanol–water partition coefficient (Wildman–Crippen LogP) is 1.84. The lowest BCUT2D eigenvalue weighted by molar-refractivity contribution is 0.328. The molecule has 0 aromatic heterocycles. The molecular weight excluding hydrogens is 262 g/mol. The Morgan fingerprint density at radius 2 is 1.89 bits per heavy atom. The third kappa shape index (κ3) is 5.91. The van der Waals surface area contributed by atoms with Crippen LogP contribution >= 0.6 is 0 Å². The average molecular weight is 289 g/mol. The highest BCUT2D eigenvalue weighted by Crippen LogP contribution is 2.26. The summed E-state index contributed by atoms with van der Waals surface area (Å²) >= 11 is 0. The Bertz CT molecular complexity index is 387. The van der Waals surface area contributed by atoms with Crippen LogP contribution in [0.4, 0.5) is 0 Å². The maximum absolute atomic E-state index is 12.0. The molecule has 0 heterocycles. The first-order valence-electron chi connectivity index (χ1n) is 7.15. The van der Waals surface area contributed by atoms with E-state index in [1.54, 1.807) is 0 Å². The molecule has 1 aliphatic carbocycles. The second-order valence-electron chi connectivity index (χ2n) is 5.95. The van der Waals surface area contributed by atoms with Crippen LogP contribution in [0.3, 0.4) is 0 Å². The van der Waals surface area contributed by atoms with Crippen molar-refractivity contribution in [3.05, 3.63) is 0 Å². The van der Waals surface area contributed by atoms with Crippen LogP contribution in [0.15, 0.2) is 0 Å². The highest BCUT2D eigenvalue weighted by molar-refractivity contribution is 7.89. The molecular formula is C13H27N3O2S. The van der Waals surface area contributed by atoms with Gasteiger partial charge in [-0.3, -0.25) is 5.41 Å². The average Bonchev–Trinajstić information content (AvgIpc) is 2.35. The minimum absolute atomic E-state index is 0.0555. The molecule has 4 N–H and O–H groups in total. The van der Waals surface area contributed by atoms with E-state index in [9.17, 15) is 8.42 Å². The fourth-order valence-corrected chi connectivity index (χ4v) is 4.13. The van der Waals surface area contributed by atoms with E-state index in [-0.39, 0.29) is 17.5 Å². The Morgan fingerprint density at radius 3 is 2.37 bits per heavy atom. The van der Waals surface area contributed by atoms with Crippen LogP contribution in [0.25, 0.3) is 0 Å². The molecule has 6 heteroatoms. The molecule has 5 nitrogen and oxygen atoms in total. The quantitative estimate of drug-likeness (QED) is 0.493. The summed E-state index contributed by atoms with van der Waals surface area (Å²) in [5, 5.41) is 7.64. The molecule has 19 heavy (non-hydrogen) atoms. The van der Waals surface area contributed by atoms with Crippen molar-refractivity contribution in [2.45, 2.75) is 58.4 Å². The standard InChI is InChI=1S/C13H27N3O2S/c1-10(2)8-9-19(17,18)16-12(13(14)15)11-6-4-3-5-7-11/h10-12,16H,3-9H2,1-2H3,(H3,14,15). The van der Waals surface area contributed by atoms with Gasteiger partial charge in [-0.1, -0.05) is 33.1 Å². The molecule has 1 atom stereocenters. The zero-order valence-corrected chi connectivity index (χ0v) is 12.8. The molecule has 0 radical (unpaired) electrons. The SMILES string of the molecule is CC(C)CCS(=O)(=O)NC(C(=N)N)C1CCCCC1. The van der Waals surface area contributed by atoms with Gasteiger partial charge < -0.3 is 5.73 Å². The summed E-state index contributed by atoms with van der Waals surface area (Å²) in [6.07, 6.45) is 5.93. The largest absolute Gasteiger partial charge is 0.386 e. The van der Waals surface area contributed by atoms with Crippen LogP contribution in [0.2, 0.25) is 0 Å². The van der Waals surface area contributed by atoms with Crippen molar-refractivity contribution < 1.29 is 8.42 Å². The van der Waals surface area contributed by atoms with E-state index in [4.69, 9.17) is 11.1 Å². The molecule has 0 aliphatic heterocycles. The van der Waals surface area contributed by atoms with E-state index < -0.39 is 16.1 Å². The summed E-state index contributed by atoms with van der Waals surface area (Å²) in [5.41, 5.74) is 5.59. The van der Waals surface area contributed by atoms with Gasteiger partial charge >= 0.3 is 0 Å². The van der Waals surface area contributed by atoms with Crippen molar-refractivity contribution >= 4 is 15.9 Å². The van der Waals surface area contributed by atoms with Crippen molar-refractivity contribution in [1.29, 1.82) is 5.41 Å². The summed E-state index contributed by atoms with van der Waals surface area (Å²) in [4.78, 5) is 0. The first kappa shape index (κ1) is 16.4. The van der Waals surface area contributed by atoms with E-state index in [2.05, 4.69) is 4.72 Å². The molecule has 0 aromatic rings. The minimum atomic E-state index is -3.34. The maximum Gasteiger partial charge on any atom is 0.212 e. The van der Waals surface area contributed by atoms with Crippen molar-refractivity contribution in [2.75, 3.05) is 5.75 Å². The lowest BCUT2D eigenvalue weighted by atomic mass is 9.84. The third-order valence-electron chi connectivity index (χ3n) is 3.73. The molecule has 0 spiro atoms. The van der Waals surface area contributed by atoms with Gasteiger partial charge in [0.1, 0.15) is 5.84 Å². The van der Waals surface area contributed by atoms with E-state index >= 15 is 0 Å². The van der Waals surface area contributed by atoms with Gasteiger partial charge in [-0.25, -0.2) is 13.1 Å². The molecule has 1 fully saturated rings. The smallest absolute Gasteiger partial charge is 0.212 e. The molecule has 112 valence electrons. The van der Waals surface area contributed by atoms with Crippen LogP contribution in [0.1, 0.15) is 52.4 Å². The van der Waals surface area contributed by atoms with Gasteiger partial charge in [0.25, 0.3) is 0 Å². The van der Waals surface area contributed by atoms with Gasteiger partial charge in [-0.2, -0.15) is 0 Å². The summed E-state index contributed by atoms with van der Waals surface area (Å²) in [6.45, 7) is 4.00. The highest BCUT2D eigenvalue weighted by atomic mass is 32.2. The molecule has 0 amide bonds. The molecule has 1 rings (SSSR count). The minimum Gasteiger partial charge on any atom is -0.386 e. The highest BCUT2D eigenvalue weighted by Gasteiger charge is 2.29. The van der Waals surface area contributed by atoms with Gasteiger partial charge in [0.2, 0.25) is 10.0 Å². The van der Waals surface area contributed by atoms with E-state index in [1.165, 1.54) is 6.42 Å². The number of amidine groups is 1. The van der Waals surface area contributed by atoms with Crippen LogP contribution < -0.4 is 10.5 Å². The third-order valence-corrected chi connectivity index (χ3v) is 5.11. The summed E-state index contributed by atoms with van der Waals surface area (Å²) in [7, 11) is -3.34. The van der Waals surface area contributed by atoms with E-state index in [0.717, 1.165) is 25.7 Å². The fourth-order valence-electron chi connectivity index (χ4n) is 2.52. The fraction of sp³-hybridized carbons (Fsp3) is 0.923. The van der Waals surface area contributed by atoms with E-state index in [1.807, 2.05) is 13.8 Å². The Kier molecular flexibility index (Phi) is 6.26. The molecule has 1 aliphatic rings. The first-order chi connectivity index (χ1) is 8.82. The Morgan fingerprint density at radius 1 is 1.32 bits per heavy atom. The normalized spacial score (nSPS) is 19.5. The second kappa shape index (κ2) is 7.24. The first-order valence-corrected chi connectivity index (χ1v) is 8.81. The molecule has 0 bridgehead atoms. The van der Waals surface area contributed by atoms with Gasteiger partial charge in [0.15, 0.2) is 0 Å². The zero-order valence-electron chi connectivity index (χ0n) is 12.0. The van der Waals surface area contributed by atoms with Crippen LogP contribution in [0, 0.1) is 17.2 Å². The number of hydrogen-bond acceptors (Lipinski definition) is 3. The van der Waals surface area contributed by atoms with Gasteiger partial charge in [-0.05, 0) is 31.1 Å². The lowest BCUT2D eigenvalue weighted by Gasteiger charge is -2.30. The predicted molar refractivity (Wildman–Crippen MR) is 78.7 cm³/mol. The topological polar surface area (TPSA) is 96.0 Å². The van der Waals surface area contributed by atoms with Crippen molar-refractivity contribution in [2.24, 2.45) is 17.6 Å². The zero-order chi connectivity index (χ0) is 14.5. The molecule has 0 aromatic carbocycles. The Labute approximate surface area is 116 Å². The summed E-state index contributed by atoms with van der Waals surface area (Å²) in [5.74, 6) is 0.586. The second-order valence-corrected chi connectivity index (χ2v) is 7.82. The van der Waals surface area contributed by atoms with Crippen molar-refractivity contribution in [1.82, 2.24) is 4.72 Å². The Balaban J connectivity index is 2.64. The number of nitrogens with one attached hydrogen (secondary N) is 2. The molecule has 1 saturated carbocycles. The number of rotatable bonds is 7. The Hall–Kier alpha value is -0.620. The van der Waals surface area contributed by atoms with Gasteiger partial charge in [0, 0.05) is 0 Å². The number of hydrogen-bond donors (Lipinski definition) is 3. The van der Waals surface area contributed by atoms with Crippen molar-refractivity contribution in [3.8, 4) is 0 Å². The summed E-state index contributed by atoms with van der Waals surface area (Å²) in [6, 6.07) is -0.516. The van der Waals surface area contributed by atoms with Crippen LogP contribution in [-0.2, 0) is 10.0 Å². The molecule has 0 saturated heterocycles. The monoisotopic (exact) mass is 289 g/mol. The van der Waals surface area contributed by atoms with Gasteiger partial charge in [0.05, 0.1) is 11.8 Å². The van der Waals surface area contributed by atoms with Crippen LogP contribution in [-0.4, -0.2) is 26.0 Å². The number of nitrogens with two attached hydrogens (primary N) is 1. The number of sulfonamides is 1. The van der Waals surface area contributed by atoms with Crippen LogP contribution in [0.5, 0.6) is 0 Å². The summed E-state index contributed by atoms with van der Waals surface area (Å²) < 4.78 is 26.7. The van der Waals surface area contributed by atoms with Gasteiger partial charge in [-0.15, -0.1) is 0 Å². The molecule has 1 unspecified atom stereocenters.